The number of benzene rings is 3. The molecule has 37 heavy (non-hydrogen) atoms. The van der Waals surface area contributed by atoms with Crippen LogP contribution in [0.25, 0.3) is 0 Å². The maximum absolute atomic E-state index is 13.5. The molecule has 0 radical (unpaired) electrons. The zero-order valence-electron chi connectivity index (χ0n) is 20.9. The zero-order valence-corrected chi connectivity index (χ0v) is 22.5. The van der Waals surface area contributed by atoms with Crippen LogP contribution in [0.5, 0.6) is 5.75 Å². The second-order valence-corrected chi connectivity index (χ2v) is 11.4. The Hall–Kier alpha value is -3.07. The third kappa shape index (κ3) is 7.25. The van der Waals surface area contributed by atoms with Crippen molar-refractivity contribution in [2.45, 2.75) is 37.2 Å². The summed E-state index contributed by atoms with van der Waals surface area (Å²) in [4.78, 5) is 15.5. The van der Waals surface area contributed by atoms with E-state index in [4.69, 9.17) is 16.3 Å². The first-order valence-corrected chi connectivity index (χ1v) is 14.2. The summed E-state index contributed by atoms with van der Waals surface area (Å²) >= 11 is 6.14. The number of likely N-dealkylation sites (tertiary alicyclic amines) is 1. The van der Waals surface area contributed by atoms with E-state index in [0.717, 1.165) is 29.5 Å². The largest absolute Gasteiger partial charge is 0.497 e. The summed E-state index contributed by atoms with van der Waals surface area (Å²) in [5.74, 6) is 0.118. The third-order valence-corrected chi connectivity index (χ3v) is 8.39. The van der Waals surface area contributed by atoms with Gasteiger partial charge in [0.1, 0.15) is 12.3 Å². The van der Waals surface area contributed by atoms with Crippen molar-refractivity contribution in [3.63, 3.8) is 0 Å². The van der Waals surface area contributed by atoms with Gasteiger partial charge in [-0.2, -0.15) is 0 Å². The van der Waals surface area contributed by atoms with Crippen LogP contribution in [0.15, 0.2) is 77.7 Å². The summed E-state index contributed by atoms with van der Waals surface area (Å²) in [5, 5.41) is 3.25. The lowest BCUT2D eigenvalue weighted by Crippen LogP contribution is -2.40. The number of hydrogen-bond donors (Lipinski definition) is 1. The average Bonchev–Trinajstić information content (AvgIpc) is 2.91. The molecule has 0 spiro atoms. The summed E-state index contributed by atoms with van der Waals surface area (Å²) in [6.45, 7) is 3.04. The summed E-state index contributed by atoms with van der Waals surface area (Å²) in [6.07, 6.45) is 3.76. The number of rotatable bonds is 10. The van der Waals surface area contributed by atoms with E-state index in [2.05, 4.69) is 22.3 Å². The highest BCUT2D eigenvalue weighted by Gasteiger charge is 2.27. The number of nitrogens with zero attached hydrogens (tertiary/aromatic N) is 2. The fourth-order valence-corrected chi connectivity index (χ4v) is 6.02. The van der Waals surface area contributed by atoms with Crippen LogP contribution in [0.4, 0.5) is 5.69 Å². The predicted octanol–water partition coefficient (Wildman–Crippen LogP) is 4.85. The van der Waals surface area contributed by atoms with E-state index < -0.39 is 15.9 Å². The maximum Gasteiger partial charge on any atom is 0.264 e. The predicted molar refractivity (Wildman–Crippen MR) is 146 cm³/mol. The molecular weight excluding hydrogens is 510 g/mol. The van der Waals surface area contributed by atoms with Crippen LogP contribution >= 0.6 is 11.6 Å². The van der Waals surface area contributed by atoms with Crippen LogP contribution in [-0.4, -0.2) is 46.0 Å². The number of piperidine rings is 1. The molecule has 0 aliphatic carbocycles. The SMILES string of the molecule is COc1ccc(S(=O)(=O)N(CC(=O)NCc2cccc(CN3CCCCC3)c2)c2cccc(Cl)c2)cc1. The normalized spacial score (nSPS) is 14.2. The molecule has 1 N–H and O–H groups in total. The summed E-state index contributed by atoms with van der Waals surface area (Å²) in [5.41, 5.74) is 2.48. The van der Waals surface area contributed by atoms with E-state index in [1.165, 1.54) is 50.1 Å². The molecule has 9 heteroatoms. The third-order valence-electron chi connectivity index (χ3n) is 6.37. The first-order chi connectivity index (χ1) is 17.8. The van der Waals surface area contributed by atoms with Gasteiger partial charge in [0.2, 0.25) is 5.91 Å². The lowest BCUT2D eigenvalue weighted by molar-refractivity contribution is -0.119. The Morgan fingerprint density at radius 3 is 2.38 bits per heavy atom. The maximum atomic E-state index is 13.5. The van der Waals surface area contributed by atoms with Crippen molar-refractivity contribution in [3.8, 4) is 5.75 Å². The van der Waals surface area contributed by atoms with Gasteiger partial charge in [0.25, 0.3) is 10.0 Å². The molecule has 0 aromatic heterocycles. The Morgan fingerprint density at radius 2 is 1.68 bits per heavy atom. The van der Waals surface area contributed by atoms with Crippen molar-refractivity contribution in [1.82, 2.24) is 10.2 Å². The van der Waals surface area contributed by atoms with Crippen LogP contribution in [0, 0.1) is 0 Å². The number of nitrogens with one attached hydrogen (secondary N) is 1. The van der Waals surface area contributed by atoms with E-state index in [0.29, 0.717) is 23.0 Å². The molecule has 1 aliphatic rings. The van der Waals surface area contributed by atoms with E-state index in [9.17, 15) is 13.2 Å². The lowest BCUT2D eigenvalue weighted by Gasteiger charge is -2.26. The van der Waals surface area contributed by atoms with Crippen molar-refractivity contribution < 1.29 is 17.9 Å². The molecule has 1 saturated heterocycles. The highest BCUT2D eigenvalue weighted by Crippen LogP contribution is 2.27. The Morgan fingerprint density at radius 1 is 0.973 bits per heavy atom. The summed E-state index contributed by atoms with van der Waals surface area (Å²) in [6, 6.07) is 20.6. The molecule has 4 rings (SSSR count). The van der Waals surface area contributed by atoms with Crippen LogP contribution < -0.4 is 14.4 Å². The molecule has 0 atom stereocenters. The molecule has 1 fully saturated rings. The average molecular weight is 542 g/mol. The molecule has 3 aromatic rings. The molecule has 1 amide bonds. The van der Waals surface area contributed by atoms with Gasteiger partial charge in [-0.15, -0.1) is 0 Å². The molecule has 1 aliphatic heterocycles. The second-order valence-electron chi connectivity index (χ2n) is 9.10. The number of carbonyl (C=O) groups excluding carboxylic acids is 1. The zero-order chi connectivity index (χ0) is 26.3. The lowest BCUT2D eigenvalue weighted by atomic mass is 10.1. The number of halogens is 1. The number of methoxy groups -OCH3 is 1. The minimum atomic E-state index is -4.04. The van der Waals surface area contributed by atoms with Gasteiger partial charge >= 0.3 is 0 Å². The highest BCUT2D eigenvalue weighted by atomic mass is 35.5. The topological polar surface area (TPSA) is 79.0 Å². The van der Waals surface area contributed by atoms with Crippen LogP contribution in [0.2, 0.25) is 5.02 Å². The fraction of sp³-hybridized carbons (Fsp3) is 0.321. The first-order valence-electron chi connectivity index (χ1n) is 12.3. The smallest absolute Gasteiger partial charge is 0.264 e. The van der Waals surface area contributed by atoms with E-state index in [1.54, 1.807) is 30.3 Å². The van der Waals surface area contributed by atoms with Crippen LogP contribution in [0.1, 0.15) is 30.4 Å². The van der Waals surface area contributed by atoms with Crippen molar-refractivity contribution in [2.75, 3.05) is 31.0 Å². The number of carbonyl (C=O) groups is 1. The van der Waals surface area contributed by atoms with Crippen molar-refractivity contribution in [2.24, 2.45) is 0 Å². The van der Waals surface area contributed by atoms with Gasteiger partial charge in [-0.1, -0.05) is 48.4 Å². The number of hydrogen-bond acceptors (Lipinski definition) is 5. The number of sulfonamides is 1. The Bertz CT molecular complexity index is 1310. The molecule has 0 unspecified atom stereocenters. The van der Waals surface area contributed by atoms with Crippen LogP contribution in [-0.2, 0) is 27.9 Å². The summed E-state index contributed by atoms with van der Waals surface area (Å²) in [7, 11) is -2.53. The Labute approximate surface area is 224 Å². The van der Waals surface area contributed by atoms with E-state index in [-0.39, 0.29) is 11.4 Å². The second kappa shape index (κ2) is 12.4. The fourth-order valence-electron chi connectivity index (χ4n) is 4.42. The quantitative estimate of drug-likeness (QED) is 0.397. The molecule has 1 heterocycles. The van der Waals surface area contributed by atoms with E-state index >= 15 is 0 Å². The molecule has 3 aromatic carbocycles. The van der Waals surface area contributed by atoms with Gasteiger partial charge in [-0.05, 0) is 79.5 Å². The van der Waals surface area contributed by atoms with Gasteiger partial charge in [0, 0.05) is 18.1 Å². The molecule has 196 valence electrons. The van der Waals surface area contributed by atoms with E-state index in [1.807, 2.05) is 12.1 Å². The van der Waals surface area contributed by atoms with Gasteiger partial charge < -0.3 is 10.1 Å². The Balaban J connectivity index is 1.47. The molecule has 7 nitrogen and oxygen atoms in total. The standard InChI is InChI=1S/C28H32ClN3O4S/c1-36-26-11-13-27(14-12-26)37(34,35)32(25-10-6-9-24(29)18-25)21-28(33)30-19-22-7-5-8-23(17-22)20-31-15-3-2-4-16-31/h5-14,17-18H,2-4,15-16,19-21H2,1H3,(H,30,33). The van der Waals surface area contributed by atoms with Crippen molar-refractivity contribution in [3.05, 3.63) is 88.9 Å². The molecule has 0 saturated carbocycles. The van der Waals surface area contributed by atoms with Crippen molar-refractivity contribution >= 4 is 33.2 Å². The molecule has 0 bridgehead atoms. The van der Waals surface area contributed by atoms with Gasteiger partial charge in [-0.25, -0.2) is 8.42 Å². The minimum Gasteiger partial charge on any atom is -0.497 e. The molecular formula is C28H32ClN3O4S. The number of ether oxygens (including phenoxy) is 1. The Kier molecular flexibility index (Phi) is 9.08. The van der Waals surface area contributed by atoms with Gasteiger partial charge in [-0.3, -0.25) is 14.0 Å². The number of anilines is 1. The van der Waals surface area contributed by atoms with Crippen molar-refractivity contribution in [1.29, 1.82) is 0 Å². The van der Waals surface area contributed by atoms with Gasteiger partial charge in [0.05, 0.1) is 17.7 Å². The highest BCUT2D eigenvalue weighted by molar-refractivity contribution is 7.92. The monoisotopic (exact) mass is 541 g/mol. The number of amides is 1. The first kappa shape index (κ1) is 27.0. The van der Waals surface area contributed by atoms with Crippen LogP contribution in [0.3, 0.4) is 0 Å². The minimum absolute atomic E-state index is 0.0477. The van der Waals surface area contributed by atoms with Gasteiger partial charge in [0.15, 0.2) is 0 Å². The summed E-state index contributed by atoms with van der Waals surface area (Å²) < 4.78 is 33.3.